The summed E-state index contributed by atoms with van der Waals surface area (Å²) in [4.78, 5) is 37.8. The lowest BCUT2D eigenvalue weighted by Crippen LogP contribution is -2.41. The van der Waals surface area contributed by atoms with E-state index in [0.717, 1.165) is 0 Å². The number of hydrogen-bond donors (Lipinski definition) is 1. The molecule has 0 bridgehead atoms. The molecular formula is C23H17ClN2O5. The first-order valence-electron chi connectivity index (χ1n) is 9.46. The third-order valence-electron chi connectivity index (χ3n) is 5.34. The number of nitro benzene ring substituents is 1. The second kappa shape index (κ2) is 7.94. The highest BCUT2D eigenvalue weighted by Gasteiger charge is 2.50. The average Bonchev–Trinajstić information content (AvgIpc) is 2.97. The first kappa shape index (κ1) is 20.7. The van der Waals surface area contributed by atoms with Gasteiger partial charge in [0.25, 0.3) is 11.6 Å². The van der Waals surface area contributed by atoms with Crippen LogP contribution in [0.15, 0.2) is 72.8 Å². The van der Waals surface area contributed by atoms with Crippen LogP contribution in [0, 0.1) is 10.1 Å². The maximum atomic E-state index is 13.3. The fraction of sp³-hybridized carbons (Fsp3) is 0.130. The molecule has 8 heteroatoms. The Bertz CT molecular complexity index is 1190. The number of ketones is 1. The number of hydrogen-bond acceptors (Lipinski definition) is 5. The average molecular weight is 437 g/mol. The molecule has 7 nitrogen and oxygen atoms in total. The highest BCUT2D eigenvalue weighted by Crippen LogP contribution is 2.43. The number of fused-ring (bicyclic) bond motifs is 1. The van der Waals surface area contributed by atoms with Crippen LogP contribution in [0.5, 0.6) is 0 Å². The van der Waals surface area contributed by atoms with Crippen molar-refractivity contribution in [2.45, 2.75) is 18.6 Å². The van der Waals surface area contributed by atoms with Crippen LogP contribution in [0.1, 0.15) is 27.9 Å². The molecule has 0 saturated heterocycles. The van der Waals surface area contributed by atoms with Gasteiger partial charge in [-0.05, 0) is 29.8 Å². The Morgan fingerprint density at radius 3 is 2.35 bits per heavy atom. The van der Waals surface area contributed by atoms with Crippen molar-refractivity contribution in [2.75, 3.05) is 4.90 Å². The van der Waals surface area contributed by atoms with Crippen LogP contribution in [0.4, 0.5) is 11.4 Å². The van der Waals surface area contributed by atoms with Gasteiger partial charge in [0, 0.05) is 28.3 Å². The normalized spacial score (nSPS) is 17.5. The standard InChI is InChI=1S/C23H17ClN2O5/c24-19-7-3-1-5-16(19)14-25-20-8-4-2-6-18(20)23(29,22(25)28)13-21(27)15-9-11-17(12-10-15)26(30)31/h1-12,29H,13-14H2/t23-/m0/s1. The Balaban J connectivity index is 1.65. The highest BCUT2D eigenvalue weighted by molar-refractivity contribution is 6.31. The van der Waals surface area contributed by atoms with Gasteiger partial charge < -0.3 is 10.0 Å². The van der Waals surface area contributed by atoms with Gasteiger partial charge in [0.15, 0.2) is 11.4 Å². The molecule has 0 fully saturated rings. The highest BCUT2D eigenvalue weighted by atomic mass is 35.5. The molecule has 1 atom stereocenters. The number of benzene rings is 3. The maximum absolute atomic E-state index is 13.3. The Labute approximate surface area is 182 Å². The zero-order chi connectivity index (χ0) is 22.2. The van der Waals surface area contributed by atoms with Crippen molar-refractivity contribution in [3.05, 3.63) is 105 Å². The first-order chi connectivity index (χ1) is 14.8. The summed E-state index contributed by atoms with van der Waals surface area (Å²) in [5, 5.41) is 22.7. The number of nitrogens with zero attached hydrogens (tertiary/aromatic N) is 2. The summed E-state index contributed by atoms with van der Waals surface area (Å²) in [6.07, 6.45) is -0.486. The molecule has 0 saturated carbocycles. The van der Waals surface area contributed by atoms with Crippen molar-refractivity contribution in [3.63, 3.8) is 0 Å². The smallest absolute Gasteiger partial charge is 0.269 e. The fourth-order valence-electron chi connectivity index (χ4n) is 3.73. The molecule has 1 heterocycles. The number of Topliss-reactive ketones (excluding diaryl/α,β-unsaturated/α-hetero) is 1. The quantitative estimate of drug-likeness (QED) is 0.353. The zero-order valence-electron chi connectivity index (χ0n) is 16.2. The van der Waals surface area contributed by atoms with Crippen LogP contribution in [-0.2, 0) is 16.9 Å². The minimum Gasteiger partial charge on any atom is -0.375 e. The molecule has 0 unspecified atom stereocenters. The van der Waals surface area contributed by atoms with Crippen LogP contribution < -0.4 is 4.90 Å². The predicted molar refractivity (Wildman–Crippen MR) is 115 cm³/mol. The monoisotopic (exact) mass is 436 g/mol. The molecular weight excluding hydrogens is 420 g/mol. The lowest BCUT2D eigenvalue weighted by molar-refractivity contribution is -0.384. The van der Waals surface area contributed by atoms with Crippen LogP contribution >= 0.6 is 11.6 Å². The molecule has 1 aliphatic heterocycles. The Hall–Kier alpha value is -3.55. The number of anilines is 1. The van der Waals surface area contributed by atoms with E-state index in [1.54, 1.807) is 48.5 Å². The van der Waals surface area contributed by atoms with E-state index in [1.165, 1.54) is 29.2 Å². The summed E-state index contributed by atoms with van der Waals surface area (Å²) in [5.74, 6) is -1.12. The third kappa shape index (κ3) is 3.69. The molecule has 3 aromatic carbocycles. The largest absolute Gasteiger partial charge is 0.375 e. The van der Waals surface area contributed by atoms with E-state index in [4.69, 9.17) is 11.6 Å². The van der Waals surface area contributed by atoms with Gasteiger partial charge >= 0.3 is 0 Å². The summed E-state index contributed by atoms with van der Waals surface area (Å²) in [6.45, 7) is 0.142. The van der Waals surface area contributed by atoms with Gasteiger partial charge in [-0.1, -0.05) is 48.0 Å². The number of para-hydroxylation sites is 1. The Morgan fingerprint density at radius 1 is 1.03 bits per heavy atom. The van der Waals surface area contributed by atoms with Crippen molar-refractivity contribution >= 4 is 34.7 Å². The summed E-state index contributed by atoms with van der Waals surface area (Å²) >= 11 is 6.25. The molecule has 0 spiro atoms. The number of halogens is 1. The van der Waals surface area contributed by atoms with Crippen LogP contribution in [0.2, 0.25) is 5.02 Å². The lowest BCUT2D eigenvalue weighted by Gasteiger charge is -2.23. The van der Waals surface area contributed by atoms with Gasteiger partial charge in [0.2, 0.25) is 0 Å². The van der Waals surface area contributed by atoms with E-state index < -0.39 is 28.6 Å². The number of non-ortho nitro benzene ring substituents is 1. The van der Waals surface area contributed by atoms with E-state index in [1.807, 2.05) is 0 Å². The molecule has 4 rings (SSSR count). The van der Waals surface area contributed by atoms with Crippen LogP contribution in [-0.4, -0.2) is 21.7 Å². The van der Waals surface area contributed by atoms with Crippen molar-refractivity contribution in [3.8, 4) is 0 Å². The van der Waals surface area contributed by atoms with Gasteiger partial charge in [-0.25, -0.2) is 0 Å². The van der Waals surface area contributed by atoms with Gasteiger partial charge in [0.05, 0.1) is 23.6 Å². The molecule has 0 aromatic heterocycles. The molecule has 1 amide bonds. The third-order valence-corrected chi connectivity index (χ3v) is 5.71. The number of carbonyl (C=O) groups is 2. The van der Waals surface area contributed by atoms with E-state index in [-0.39, 0.29) is 17.8 Å². The van der Waals surface area contributed by atoms with Crippen molar-refractivity contribution in [1.82, 2.24) is 0 Å². The van der Waals surface area contributed by atoms with Gasteiger partial charge in [-0.2, -0.15) is 0 Å². The topological polar surface area (TPSA) is 101 Å². The minimum atomic E-state index is -2.04. The molecule has 3 aromatic rings. The zero-order valence-corrected chi connectivity index (χ0v) is 17.0. The number of rotatable bonds is 6. The molecule has 31 heavy (non-hydrogen) atoms. The van der Waals surface area contributed by atoms with Crippen molar-refractivity contribution in [2.24, 2.45) is 0 Å². The Kier molecular flexibility index (Phi) is 5.31. The van der Waals surface area contributed by atoms with Crippen LogP contribution in [0.25, 0.3) is 0 Å². The fourth-order valence-corrected chi connectivity index (χ4v) is 3.93. The molecule has 1 aliphatic rings. The Morgan fingerprint density at radius 2 is 1.68 bits per heavy atom. The maximum Gasteiger partial charge on any atom is 0.269 e. The second-order valence-electron chi connectivity index (χ2n) is 7.26. The molecule has 0 radical (unpaired) electrons. The SMILES string of the molecule is O=C(C[C@@]1(O)C(=O)N(Cc2ccccc2Cl)c2ccccc21)c1ccc([N+](=O)[O-])cc1. The molecule has 0 aliphatic carbocycles. The van der Waals surface area contributed by atoms with E-state index in [0.29, 0.717) is 21.8 Å². The lowest BCUT2D eigenvalue weighted by atomic mass is 9.88. The van der Waals surface area contributed by atoms with Gasteiger partial charge in [0.1, 0.15) is 0 Å². The summed E-state index contributed by atoms with van der Waals surface area (Å²) in [5.41, 5.74) is -0.471. The second-order valence-corrected chi connectivity index (χ2v) is 7.67. The van der Waals surface area contributed by atoms with Crippen LogP contribution in [0.3, 0.4) is 0 Å². The van der Waals surface area contributed by atoms with Gasteiger partial charge in [-0.3, -0.25) is 19.7 Å². The molecule has 1 N–H and O–H groups in total. The van der Waals surface area contributed by atoms with Crippen molar-refractivity contribution < 1.29 is 19.6 Å². The predicted octanol–water partition coefficient (Wildman–Crippen LogP) is 4.26. The number of nitro groups is 1. The number of carbonyl (C=O) groups excluding carboxylic acids is 2. The van der Waals surface area contributed by atoms with E-state index in [9.17, 15) is 24.8 Å². The van der Waals surface area contributed by atoms with E-state index >= 15 is 0 Å². The minimum absolute atomic E-state index is 0.142. The van der Waals surface area contributed by atoms with Crippen molar-refractivity contribution in [1.29, 1.82) is 0 Å². The first-order valence-corrected chi connectivity index (χ1v) is 9.84. The summed E-state index contributed by atoms with van der Waals surface area (Å²) < 4.78 is 0. The number of amides is 1. The molecule has 156 valence electrons. The van der Waals surface area contributed by atoms with Gasteiger partial charge in [-0.15, -0.1) is 0 Å². The summed E-state index contributed by atoms with van der Waals surface area (Å²) in [6, 6.07) is 18.9. The summed E-state index contributed by atoms with van der Waals surface area (Å²) in [7, 11) is 0. The number of aliphatic hydroxyl groups is 1. The van der Waals surface area contributed by atoms with E-state index in [2.05, 4.69) is 0 Å².